The Balaban J connectivity index is 0.00000180. The Bertz CT molecular complexity index is 438. The van der Waals surface area contributed by atoms with Gasteiger partial charge in [0.2, 0.25) is 0 Å². The number of piperidine rings is 1. The third-order valence-corrected chi connectivity index (χ3v) is 4.00. The van der Waals surface area contributed by atoms with Gasteiger partial charge >= 0.3 is 18.9 Å². The summed E-state index contributed by atoms with van der Waals surface area (Å²) in [6.45, 7) is 4.13. The van der Waals surface area contributed by atoms with Gasteiger partial charge in [-0.1, -0.05) is 37.3 Å². The van der Waals surface area contributed by atoms with E-state index in [1.54, 1.807) is 4.90 Å². The maximum absolute atomic E-state index is 11.8. The molecule has 1 saturated heterocycles. The quantitative estimate of drug-likeness (QED) is 0.379. The molecule has 0 radical (unpaired) electrons. The maximum atomic E-state index is 11.8. The predicted molar refractivity (Wildman–Crippen MR) is 73.2 cm³/mol. The van der Waals surface area contributed by atoms with Crippen molar-refractivity contribution in [1.29, 1.82) is 0 Å². The Morgan fingerprint density at radius 1 is 1.20 bits per heavy atom. The molecule has 0 spiro atoms. The van der Waals surface area contributed by atoms with E-state index in [0.29, 0.717) is 5.92 Å². The van der Waals surface area contributed by atoms with Crippen molar-refractivity contribution in [2.75, 3.05) is 0 Å². The molecule has 5 heteroatoms. The van der Waals surface area contributed by atoms with E-state index >= 15 is 0 Å². The molecule has 0 saturated carbocycles. The van der Waals surface area contributed by atoms with Crippen LogP contribution in [0.15, 0.2) is 30.3 Å². The van der Waals surface area contributed by atoms with Gasteiger partial charge in [-0.15, -0.1) is 0 Å². The molecule has 0 bridgehead atoms. The normalized spacial score (nSPS) is 25.1. The van der Waals surface area contributed by atoms with Crippen molar-refractivity contribution >= 4 is 12.2 Å². The number of amides is 1. The molecular weight excluding hydrogens is 249 g/mol. The van der Waals surface area contributed by atoms with E-state index in [2.05, 4.69) is 6.92 Å². The Labute approximate surface area is 132 Å². The first-order chi connectivity index (χ1) is 8.65. The molecule has 104 valence electrons. The molecule has 4 nitrogen and oxygen atoms in total. The Hall–Kier alpha value is -1.08. The van der Waals surface area contributed by atoms with Crippen LogP contribution in [0.4, 0.5) is 0 Å². The zero-order valence-electron chi connectivity index (χ0n) is 12.3. The topological polar surface area (TPSA) is 68.9 Å². The molecule has 1 amide bonds. The first-order valence-corrected chi connectivity index (χ1v) is 6.40. The van der Waals surface area contributed by atoms with E-state index in [0.717, 1.165) is 18.4 Å². The molecule has 20 heavy (non-hydrogen) atoms. The van der Waals surface area contributed by atoms with Crippen molar-refractivity contribution in [2.45, 2.75) is 38.8 Å². The standard InChI is InChI=1S/C15H18NO2.Li.H2O/c1-11-8-9-14(13-6-4-3-5-7-13)16(12(11)2)15(18)10-17;;/h3-7,11-12,14H,8-9H2,1-2H3;;1H2/q-1;+1;. The van der Waals surface area contributed by atoms with Crippen LogP contribution in [0.25, 0.3) is 0 Å². The van der Waals surface area contributed by atoms with Crippen LogP contribution in [0, 0.1) is 5.92 Å². The minimum absolute atomic E-state index is 0. The van der Waals surface area contributed by atoms with Gasteiger partial charge in [-0.25, -0.2) is 0 Å². The third-order valence-electron chi connectivity index (χ3n) is 4.00. The second-order valence-electron chi connectivity index (χ2n) is 5.04. The third kappa shape index (κ3) is 3.73. The van der Waals surface area contributed by atoms with E-state index < -0.39 is 5.91 Å². The maximum Gasteiger partial charge on any atom is 1.00 e. The van der Waals surface area contributed by atoms with E-state index in [4.69, 9.17) is 0 Å². The number of rotatable bonds is 2. The minimum atomic E-state index is -0.525. The SMILES string of the molecule is CC1CCC(c2ccccc2)N(C(=O)[C-]=O)C1C.O.[Li+]. The number of hydrogen-bond donors (Lipinski definition) is 0. The van der Waals surface area contributed by atoms with Gasteiger partial charge in [0.25, 0.3) is 0 Å². The summed E-state index contributed by atoms with van der Waals surface area (Å²) in [5, 5.41) is 0. The number of carbonyl (C=O) groups is 1. The van der Waals surface area contributed by atoms with E-state index in [9.17, 15) is 9.59 Å². The monoisotopic (exact) mass is 269 g/mol. The van der Waals surface area contributed by atoms with Gasteiger partial charge in [0.1, 0.15) is 5.91 Å². The van der Waals surface area contributed by atoms with E-state index in [-0.39, 0.29) is 36.4 Å². The first-order valence-electron chi connectivity index (χ1n) is 6.40. The number of hydrogen-bond acceptors (Lipinski definition) is 2. The largest absolute Gasteiger partial charge is 1.00 e. The molecule has 2 rings (SSSR count). The van der Waals surface area contributed by atoms with Crippen LogP contribution in [-0.4, -0.2) is 28.6 Å². The number of carbonyl (C=O) groups excluding carboxylic acids is 2. The fourth-order valence-corrected chi connectivity index (χ4v) is 2.74. The van der Waals surface area contributed by atoms with Crippen molar-refractivity contribution in [2.24, 2.45) is 5.92 Å². The number of likely N-dealkylation sites (tertiary alicyclic amines) is 1. The molecule has 1 aliphatic heterocycles. The van der Waals surface area contributed by atoms with Crippen LogP contribution in [-0.2, 0) is 9.59 Å². The summed E-state index contributed by atoms with van der Waals surface area (Å²) in [6, 6.07) is 9.99. The van der Waals surface area contributed by atoms with Gasteiger partial charge in [-0.2, -0.15) is 6.29 Å². The van der Waals surface area contributed by atoms with Crippen LogP contribution in [0.1, 0.15) is 38.3 Å². The average Bonchev–Trinajstić information content (AvgIpc) is 2.42. The summed E-state index contributed by atoms with van der Waals surface area (Å²) < 4.78 is 0. The van der Waals surface area contributed by atoms with Crippen LogP contribution < -0.4 is 18.9 Å². The zero-order valence-corrected chi connectivity index (χ0v) is 12.3. The van der Waals surface area contributed by atoms with Crippen molar-refractivity contribution in [3.63, 3.8) is 0 Å². The molecule has 1 aromatic rings. The Morgan fingerprint density at radius 3 is 2.35 bits per heavy atom. The fraction of sp³-hybridized carbons (Fsp3) is 0.467. The van der Waals surface area contributed by atoms with Gasteiger partial charge in [0.15, 0.2) is 0 Å². The molecule has 3 unspecified atom stereocenters. The fourth-order valence-electron chi connectivity index (χ4n) is 2.74. The minimum Gasteiger partial charge on any atom is -0.532 e. The predicted octanol–water partition coefficient (Wildman–Crippen LogP) is -1.34. The molecule has 3 atom stereocenters. The van der Waals surface area contributed by atoms with Gasteiger partial charge in [-0.3, -0.25) is 0 Å². The van der Waals surface area contributed by atoms with Crippen molar-refractivity contribution < 1.29 is 33.9 Å². The van der Waals surface area contributed by atoms with Gasteiger partial charge in [-0.05, 0) is 31.2 Å². The zero-order chi connectivity index (χ0) is 13.1. The second kappa shape index (κ2) is 8.26. The van der Waals surface area contributed by atoms with Crippen LogP contribution in [0.5, 0.6) is 0 Å². The van der Waals surface area contributed by atoms with E-state index in [1.165, 1.54) is 6.29 Å². The molecule has 1 aliphatic rings. The molecule has 0 aliphatic carbocycles. The van der Waals surface area contributed by atoms with Crippen molar-refractivity contribution in [1.82, 2.24) is 4.90 Å². The summed E-state index contributed by atoms with van der Waals surface area (Å²) in [5.74, 6) is -0.106. The molecule has 0 aromatic heterocycles. The first kappa shape index (κ1) is 18.9. The second-order valence-corrected chi connectivity index (χ2v) is 5.04. The van der Waals surface area contributed by atoms with Gasteiger partial charge in [0.05, 0.1) is 6.04 Å². The Kier molecular flexibility index (Phi) is 7.81. The molecule has 2 N–H and O–H groups in total. The summed E-state index contributed by atoms with van der Waals surface area (Å²) in [5.41, 5.74) is 1.10. The number of benzene rings is 1. The van der Waals surface area contributed by atoms with Crippen LogP contribution in [0.2, 0.25) is 0 Å². The average molecular weight is 269 g/mol. The summed E-state index contributed by atoms with van der Waals surface area (Å²) >= 11 is 0. The summed E-state index contributed by atoms with van der Waals surface area (Å²) in [4.78, 5) is 24.2. The molecule has 1 heterocycles. The summed E-state index contributed by atoms with van der Waals surface area (Å²) in [6.07, 6.45) is 3.50. The van der Waals surface area contributed by atoms with Crippen molar-refractivity contribution in [3.8, 4) is 0 Å². The smallest absolute Gasteiger partial charge is 0.532 e. The van der Waals surface area contributed by atoms with Crippen LogP contribution in [0.3, 0.4) is 0 Å². The number of nitrogens with zero attached hydrogens (tertiary/aromatic N) is 1. The molecule has 1 fully saturated rings. The Morgan fingerprint density at radius 2 is 1.80 bits per heavy atom. The molecule has 1 aromatic carbocycles. The van der Waals surface area contributed by atoms with E-state index in [1.807, 2.05) is 37.3 Å². The van der Waals surface area contributed by atoms with Gasteiger partial charge < -0.3 is 20.0 Å². The van der Waals surface area contributed by atoms with Crippen LogP contribution >= 0.6 is 0 Å². The molecular formula is C15H20LiNO3. The van der Waals surface area contributed by atoms with Gasteiger partial charge in [0, 0.05) is 6.04 Å². The van der Waals surface area contributed by atoms with Crippen molar-refractivity contribution in [3.05, 3.63) is 35.9 Å². The summed E-state index contributed by atoms with van der Waals surface area (Å²) in [7, 11) is 0.